The van der Waals surface area contributed by atoms with E-state index in [9.17, 15) is 4.79 Å². The number of aromatic amines is 1. The van der Waals surface area contributed by atoms with Crippen LogP contribution in [0.1, 0.15) is 41.0 Å². The molecule has 1 amide bonds. The monoisotopic (exact) mass is 261 g/mol. The van der Waals surface area contributed by atoms with Gasteiger partial charge in [0, 0.05) is 29.8 Å². The van der Waals surface area contributed by atoms with Crippen LogP contribution >= 0.6 is 0 Å². The second-order valence-corrected chi connectivity index (χ2v) is 5.38. The molecule has 0 spiro atoms. The van der Waals surface area contributed by atoms with Gasteiger partial charge in [-0.1, -0.05) is 12.2 Å². The molecule has 19 heavy (non-hydrogen) atoms. The number of aliphatic hydroxyl groups excluding tert-OH is 1. The summed E-state index contributed by atoms with van der Waals surface area (Å²) < 4.78 is 0. The zero-order valence-electron chi connectivity index (χ0n) is 10.9. The van der Waals surface area contributed by atoms with E-state index in [0.29, 0.717) is 5.69 Å². The summed E-state index contributed by atoms with van der Waals surface area (Å²) in [6, 6.07) is 0.0144. The minimum absolute atomic E-state index is 0.0144. The number of aryl methyl sites for hydroxylation is 1. The number of amides is 1. The van der Waals surface area contributed by atoms with Gasteiger partial charge in [-0.2, -0.15) is 5.10 Å². The molecule has 2 aliphatic rings. The van der Waals surface area contributed by atoms with E-state index >= 15 is 0 Å². The molecule has 1 aromatic rings. The Morgan fingerprint density at radius 1 is 1.42 bits per heavy atom. The van der Waals surface area contributed by atoms with Gasteiger partial charge in [-0.15, -0.1) is 0 Å². The number of nitrogens with one attached hydrogen (secondary N) is 2. The molecule has 0 radical (unpaired) electrons. The maximum absolute atomic E-state index is 12.2. The molecule has 0 bridgehead atoms. The van der Waals surface area contributed by atoms with Crippen molar-refractivity contribution in [3.63, 3.8) is 0 Å². The Morgan fingerprint density at radius 3 is 3.05 bits per heavy atom. The lowest BCUT2D eigenvalue weighted by atomic mass is 9.95. The van der Waals surface area contributed by atoms with Crippen molar-refractivity contribution in [3.05, 3.63) is 29.1 Å². The summed E-state index contributed by atoms with van der Waals surface area (Å²) in [4.78, 5) is 12.2. The minimum Gasteiger partial charge on any atom is -0.396 e. The van der Waals surface area contributed by atoms with E-state index in [2.05, 4.69) is 15.5 Å². The molecule has 0 unspecified atom stereocenters. The van der Waals surface area contributed by atoms with Crippen LogP contribution < -0.4 is 5.32 Å². The van der Waals surface area contributed by atoms with Crippen LogP contribution in [0.25, 0.3) is 0 Å². The number of hydrogen-bond donors (Lipinski definition) is 3. The molecule has 102 valence electrons. The molecule has 1 heterocycles. The topological polar surface area (TPSA) is 78.0 Å². The average Bonchev–Trinajstić information content (AvgIpc) is 3.04. The second kappa shape index (κ2) is 5.17. The first-order chi connectivity index (χ1) is 9.28. The molecular formula is C14H19N3O2. The van der Waals surface area contributed by atoms with E-state index in [-0.39, 0.29) is 24.5 Å². The van der Waals surface area contributed by atoms with E-state index < -0.39 is 0 Å². The first-order valence-electron chi connectivity index (χ1n) is 6.94. The lowest BCUT2D eigenvalue weighted by molar-refractivity contribution is 0.0935. The zero-order valence-corrected chi connectivity index (χ0v) is 10.9. The molecule has 5 nitrogen and oxygen atoms in total. The predicted molar refractivity (Wildman–Crippen MR) is 70.8 cm³/mol. The van der Waals surface area contributed by atoms with Gasteiger partial charge in [0.25, 0.3) is 5.91 Å². The lowest BCUT2D eigenvalue weighted by Crippen LogP contribution is -2.33. The van der Waals surface area contributed by atoms with Crippen molar-refractivity contribution in [2.45, 2.75) is 38.1 Å². The van der Waals surface area contributed by atoms with E-state index in [1.54, 1.807) is 0 Å². The molecule has 0 saturated heterocycles. The van der Waals surface area contributed by atoms with E-state index in [0.717, 1.165) is 36.9 Å². The average molecular weight is 261 g/mol. The highest BCUT2D eigenvalue weighted by Crippen LogP contribution is 2.23. The fourth-order valence-corrected chi connectivity index (χ4v) is 2.92. The molecule has 2 aliphatic carbocycles. The Hall–Kier alpha value is -1.62. The lowest BCUT2D eigenvalue weighted by Gasteiger charge is -2.14. The number of carbonyl (C=O) groups excluding carboxylic acids is 1. The number of hydrogen-bond acceptors (Lipinski definition) is 3. The largest absolute Gasteiger partial charge is 0.396 e. The molecule has 0 aliphatic heterocycles. The third-order valence-corrected chi connectivity index (χ3v) is 3.99. The number of aromatic nitrogens is 2. The van der Waals surface area contributed by atoms with Crippen LogP contribution in [0, 0.1) is 5.92 Å². The van der Waals surface area contributed by atoms with Crippen LogP contribution in [0.4, 0.5) is 0 Å². The molecule has 3 N–H and O–H groups in total. The molecule has 5 heteroatoms. The molecule has 0 aromatic carbocycles. The van der Waals surface area contributed by atoms with Crippen molar-refractivity contribution >= 4 is 5.91 Å². The Kier molecular flexibility index (Phi) is 3.38. The van der Waals surface area contributed by atoms with Crippen LogP contribution in [0.2, 0.25) is 0 Å². The first-order valence-corrected chi connectivity index (χ1v) is 6.94. The Balaban J connectivity index is 1.68. The van der Waals surface area contributed by atoms with Crippen molar-refractivity contribution < 1.29 is 9.90 Å². The molecule has 1 aromatic heterocycles. The highest BCUT2D eigenvalue weighted by atomic mass is 16.3. The second-order valence-electron chi connectivity index (χ2n) is 5.38. The zero-order chi connectivity index (χ0) is 13.2. The standard InChI is InChI=1S/C14H19N3O2/c18-8-9-5-6-10(7-9)15-14(19)13-11-3-1-2-4-12(11)16-17-13/h5-6,9-10,18H,1-4,7-8H2,(H,15,19)(H,16,17)/t9-,10+/m0/s1. The normalized spacial score (nSPS) is 25.3. The van der Waals surface area contributed by atoms with Gasteiger partial charge >= 0.3 is 0 Å². The van der Waals surface area contributed by atoms with Gasteiger partial charge in [0.15, 0.2) is 5.69 Å². The van der Waals surface area contributed by atoms with Crippen LogP contribution in [-0.2, 0) is 12.8 Å². The van der Waals surface area contributed by atoms with Crippen molar-refractivity contribution in [2.75, 3.05) is 6.61 Å². The Bertz CT molecular complexity index is 507. The van der Waals surface area contributed by atoms with Crippen LogP contribution in [-0.4, -0.2) is 33.9 Å². The fraction of sp³-hybridized carbons (Fsp3) is 0.571. The highest BCUT2D eigenvalue weighted by Gasteiger charge is 2.25. The number of nitrogens with zero attached hydrogens (tertiary/aromatic N) is 1. The molecule has 0 fully saturated rings. The third kappa shape index (κ3) is 2.42. The summed E-state index contributed by atoms with van der Waals surface area (Å²) in [5.41, 5.74) is 2.76. The SMILES string of the molecule is O=C(N[C@@H]1C=C[C@H](CO)C1)c1n[nH]c2c1CCCC2. The highest BCUT2D eigenvalue weighted by molar-refractivity contribution is 5.94. The van der Waals surface area contributed by atoms with E-state index in [1.807, 2.05) is 12.2 Å². The van der Waals surface area contributed by atoms with Gasteiger partial charge in [-0.25, -0.2) is 0 Å². The van der Waals surface area contributed by atoms with Crippen LogP contribution in [0.15, 0.2) is 12.2 Å². The predicted octanol–water partition coefficient (Wildman–Crippen LogP) is 0.955. The number of fused-ring (bicyclic) bond motifs is 1. The Labute approximate surface area is 112 Å². The summed E-state index contributed by atoms with van der Waals surface area (Å²) in [7, 11) is 0. The van der Waals surface area contributed by atoms with Crippen LogP contribution in [0.5, 0.6) is 0 Å². The number of H-pyrrole nitrogens is 1. The van der Waals surface area contributed by atoms with E-state index in [1.165, 1.54) is 6.42 Å². The summed E-state index contributed by atoms with van der Waals surface area (Å²) in [6.07, 6.45) is 8.92. The maximum atomic E-state index is 12.2. The molecule has 2 atom stereocenters. The first kappa shape index (κ1) is 12.4. The van der Waals surface area contributed by atoms with Crippen LogP contribution in [0.3, 0.4) is 0 Å². The number of aliphatic hydroxyl groups is 1. The Morgan fingerprint density at radius 2 is 2.26 bits per heavy atom. The van der Waals surface area contributed by atoms with Gasteiger partial charge in [-0.05, 0) is 32.1 Å². The minimum atomic E-state index is -0.104. The van der Waals surface area contributed by atoms with Crippen molar-refractivity contribution in [1.82, 2.24) is 15.5 Å². The quantitative estimate of drug-likeness (QED) is 0.709. The van der Waals surface area contributed by atoms with Crippen molar-refractivity contribution in [2.24, 2.45) is 5.92 Å². The molecular weight excluding hydrogens is 242 g/mol. The van der Waals surface area contributed by atoms with Gasteiger partial charge < -0.3 is 10.4 Å². The summed E-state index contributed by atoms with van der Waals surface area (Å²) in [5, 5.41) is 19.2. The summed E-state index contributed by atoms with van der Waals surface area (Å²) in [6.45, 7) is 0.140. The van der Waals surface area contributed by atoms with E-state index in [4.69, 9.17) is 5.11 Å². The summed E-state index contributed by atoms with van der Waals surface area (Å²) >= 11 is 0. The smallest absolute Gasteiger partial charge is 0.272 e. The van der Waals surface area contributed by atoms with Gasteiger partial charge in [0.05, 0.1) is 0 Å². The molecule has 3 rings (SSSR count). The fourth-order valence-electron chi connectivity index (χ4n) is 2.92. The number of carbonyl (C=O) groups is 1. The molecule has 0 saturated carbocycles. The van der Waals surface area contributed by atoms with Crippen molar-refractivity contribution in [1.29, 1.82) is 0 Å². The summed E-state index contributed by atoms with van der Waals surface area (Å²) in [5.74, 6) is 0.0611. The van der Waals surface area contributed by atoms with Gasteiger partial charge in [0.2, 0.25) is 0 Å². The van der Waals surface area contributed by atoms with Crippen molar-refractivity contribution in [3.8, 4) is 0 Å². The number of rotatable bonds is 3. The van der Waals surface area contributed by atoms with Gasteiger partial charge in [-0.3, -0.25) is 9.89 Å². The van der Waals surface area contributed by atoms with Gasteiger partial charge in [0.1, 0.15) is 0 Å². The maximum Gasteiger partial charge on any atom is 0.272 e. The third-order valence-electron chi connectivity index (χ3n) is 3.99.